The molecule has 0 aliphatic carbocycles. The first-order valence-electron chi connectivity index (χ1n) is 8.00. The van der Waals surface area contributed by atoms with Crippen molar-refractivity contribution in [1.29, 1.82) is 0 Å². The van der Waals surface area contributed by atoms with Crippen LogP contribution in [0.1, 0.15) is 12.6 Å². The fourth-order valence-corrected chi connectivity index (χ4v) is 4.75. The summed E-state index contributed by atoms with van der Waals surface area (Å²) in [5, 5.41) is 17.2. The topological polar surface area (TPSA) is 183 Å². The summed E-state index contributed by atoms with van der Waals surface area (Å²) < 4.78 is 22.0. The molecule has 3 atom stereocenters. The number of thiazole rings is 1. The van der Waals surface area contributed by atoms with Gasteiger partial charge in [-0.2, -0.15) is 0 Å². The number of nitrogens with two attached hydrogens (primary N) is 1. The third kappa shape index (κ3) is 4.24. The van der Waals surface area contributed by atoms with Gasteiger partial charge >= 0.3 is 13.6 Å². The molecule has 0 saturated carbocycles. The molecule has 1 aliphatic heterocycles. The van der Waals surface area contributed by atoms with Crippen LogP contribution < -0.4 is 11.1 Å². The number of carboxylic acid groups (broad SMARTS) is 1. The summed E-state index contributed by atoms with van der Waals surface area (Å²) in [6, 6.07) is -1.92. The molecule has 0 bridgehead atoms. The van der Waals surface area contributed by atoms with Gasteiger partial charge in [-0.25, -0.2) is 9.78 Å². The van der Waals surface area contributed by atoms with E-state index in [1.165, 1.54) is 19.4 Å². The molecule has 2 amide bonds. The van der Waals surface area contributed by atoms with Crippen molar-refractivity contribution >= 4 is 47.6 Å². The van der Waals surface area contributed by atoms with E-state index in [1.807, 2.05) is 0 Å². The van der Waals surface area contributed by atoms with Crippen molar-refractivity contribution in [2.45, 2.75) is 24.8 Å². The molecular weight excluding hydrogens is 429 g/mol. The highest BCUT2D eigenvalue weighted by Crippen LogP contribution is 2.54. The molecule has 1 aromatic heterocycles. The van der Waals surface area contributed by atoms with Crippen LogP contribution in [0.2, 0.25) is 0 Å². The zero-order valence-electron chi connectivity index (χ0n) is 15.9. The number of nitrogen functional groups attached to an aromatic ring is 1. The summed E-state index contributed by atoms with van der Waals surface area (Å²) >= 11 is 1.08. The van der Waals surface area contributed by atoms with Gasteiger partial charge in [0.15, 0.2) is 10.8 Å². The normalized spacial score (nSPS) is 20.8. The molecule has 0 aromatic carbocycles. The van der Waals surface area contributed by atoms with E-state index in [1.54, 1.807) is 0 Å². The second kappa shape index (κ2) is 8.86. The number of oxime groups is 1. The molecule has 15 heteroatoms. The highest BCUT2D eigenvalue weighted by Gasteiger charge is 2.57. The predicted molar refractivity (Wildman–Crippen MR) is 101 cm³/mol. The van der Waals surface area contributed by atoms with Crippen molar-refractivity contribution in [1.82, 2.24) is 15.2 Å². The van der Waals surface area contributed by atoms with Crippen LogP contribution in [-0.2, 0) is 32.8 Å². The van der Waals surface area contributed by atoms with Gasteiger partial charge < -0.3 is 34.9 Å². The summed E-state index contributed by atoms with van der Waals surface area (Å²) in [4.78, 5) is 46.2. The number of carbonyl (C=O) groups is 3. The Balaban J connectivity index is 2.21. The lowest BCUT2D eigenvalue weighted by molar-refractivity contribution is -0.162. The largest absolute Gasteiger partial charge is 0.479 e. The minimum absolute atomic E-state index is 0.148. The summed E-state index contributed by atoms with van der Waals surface area (Å²) in [5.74, 6) is -4.99. The minimum Gasteiger partial charge on any atom is -0.479 e. The van der Waals surface area contributed by atoms with E-state index < -0.39 is 43.2 Å². The van der Waals surface area contributed by atoms with Gasteiger partial charge in [-0.05, 0) is 6.92 Å². The van der Waals surface area contributed by atoms with Crippen molar-refractivity contribution in [3.8, 4) is 0 Å². The molecular formula is C14H20N5O8PS. The number of rotatable bonds is 9. The van der Waals surface area contributed by atoms with Crippen LogP contribution in [-0.4, -0.2) is 77.7 Å². The summed E-state index contributed by atoms with van der Waals surface area (Å²) in [7, 11) is -0.893. The quantitative estimate of drug-likeness (QED) is 0.196. The smallest absolute Gasteiger partial charge is 0.364 e. The molecule has 1 saturated heterocycles. The van der Waals surface area contributed by atoms with Crippen LogP contribution in [0.3, 0.4) is 0 Å². The summed E-state index contributed by atoms with van der Waals surface area (Å²) in [6.07, 6.45) is 0. The molecule has 13 nitrogen and oxygen atoms in total. The predicted octanol–water partition coefficient (Wildman–Crippen LogP) is -0.312. The zero-order chi connectivity index (χ0) is 21.9. The Bertz CT molecular complexity index is 881. The zero-order valence-corrected chi connectivity index (χ0v) is 17.6. The molecule has 2 rings (SSSR count). The summed E-state index contributed by atoms with van der Waals surface area (Å²) in [5.41, 5.74) is 5.49. The second-order valence-electron chi connectivity index (χ2n) is 5.75. The first kappa shape index (κ1) is 22.7. The molecule has 1 unspecified atom stereocenters. The van der Waals surface area contributed by atoms with Crippen molar-refractivity contribution < 1.29 is 37.9 Å². The van der Waals surface area contributed by atoms with Crippen LogP contribution >= 0.6 is 18.9 Å². The van der Waals surface area contributed by atoms with Gasteiger partial charge in [-0.3, -0.25) is 14.2 Å². The summed E-state index contributed by atoms with van der Waals surface area (Å²) in [6.45, 7) is 1.48. The number of aromatic nitrogens is 1. The third-order valence-electron chi connectivity index (χ3n) is 4.18. The van der Waals surface area contributed by atoms with E-state index in [0.29, 0.717) is 0 Å². The number of carboxylic acids is 1. The number of aliphatic carboxylic acids is 1. The fraction of sp³-hybridized carbons (Fsp3) is 0.500. The number of hydrogen-bond donors (Lipinski definition) is 3. The van der Waals surface area contributed by atoms with Crippen LogP contribution in [0.15, 0.2) is 10.5 Å². The van der Waals surface area contributed by atoms with Gasteiger partial charge in [0, 0.05) is 19.6 Å². The van der Waals surface area contributed by atoms with Crippen molar-refractivity contribution in [3.63, 3.8) is 0 Å². The SMILES string of the molecule is CON=C(C(=O)N[C@H]1C(=O)N(C(C(=O)O)P(=O)(OC)OC)[C@H]1C)c1csc(N)n1. The van der Waals surface area contributed by atoms with E-state index in [0.717, 1.165) is 30.5 Å². The second-order valence-corrected chi connectivity index (χ2v) is 8.94. The van der Waals surface area contributed by atoms with Gasteiger partial charge in [0.2, 0.25) is 11.7 Å². The Kier molecular flexibility index (Phi) is 6.95. The molecule has 160 valence electrons. The van der Waals surface area contributed by atoms with Gasteiger partial charge in [0.25, 0.3) is 5.91 Å². The van der Waals surface area contributed by atoms with Crippen molar-refractivity contribution in [2.24, 2.45) is 5.16 Å². The Morgan fingerprint density at radius 3 is 2.45 bits per heavy atom. The van der Waals surface area contributed by atoms with Crippen LogP contribution in [0.4, 0.5) is 5.13 Å². The van der Waals surface area contributed by atoms with E-state index in [2.05, 4.69) is 20.3 Å². The molecule has 4 N–H and O–H groups in total. The first-order valence-corrected chi connectivity index (χ1v) is 10.5. The maximum Gasteiger partial charge on any atom is 0.364 e. The highest BCUT2D eigenvalue weighted by atomic mass is 32.1. The van der Waals surface area contributed by atoms with Gasteiger partial charge in [-0.1, -0.05) is 5.16 Å². The van der Waals surface area contributed by atoms with Gasteiger partial charge in [0.1, 0.15) is 18.8 Å². The number of nitrogens with zero attached hydrogens (tertiary/aromatic N) is 3. The van der Waals surface area contributed by atoms with E-state index in [4.69, 9.17) is 14.8 Å². The lowest BCUT2D eigenvalue weighted by Crippen LogP contribution is -2.73. The monoisotopic (exact) mass is 449 g/mol. The molecule has 0 radical (unpaired) electrons. The number of carbonyl (C=O) groups excluding carboxylic acids is 2. The maximum atomic E-state index is 12.6. The number of nitrogens with one attached hydrogen (secondary N) is 1. The number of amides is 2. The number of likely N-dealkylation sites (tertiary alicyclic amines) is 1. The molecule has 1 aliphatic rings. The molecule has 29 heavy (non-hydrogen) atoms. The standard InChI is InChI=1S/C14H20N5O8PS/c1-6-8(11(21)19(6)12(13(22)23)28(24,26-3)27-4)17-10(20)9(18-25-2)7-5-29-14(15)16-7/h5-6,8,12H,1-4H3,(H2,15,16)(H,17,20)(H,22,23)/t6-,8+,12?/m0/s1. The average Bonchev–Trinajstić information content (AvgIpc) is 3.12. The van der Waals surface area contributed by atoms with Crippen molar-refractivity contribution in [2.75, 3.05) is 27.1 Å². The molecule has 0 spiro atoms. The van der Waals surface area contributed by atoms with Crippen LogP contribution in [0.25, 0.3) is 0 Å². The Labute approximate surface area is 169 Å². The Hall–Kier alpha value is -2.54. The third-order valence-corrected chi connectivity index (χ3v) is 6.94. The Morgan fingerprint density at radius 1 is 1.41 bits per heavy atom. The van der Waals surface area contributed by atoms with Crippen LogP contribution in [0.5, 0.6) is 0 Å². The number of hydrogen-bond acceptors (Lipinski definition) is 11. The van der Waals surface area contributed by atoms with E-state index in [-0.39, 0.29) is 16.5 Å². The number of anilines is 1. The van der Waals surface area contributed by atoms with Crippen LogP contribution in [0, 0.1) is 0 Å². The minimum atomic E-state index is -4.15. The fourth-order valence-electron chi connectivity index (χ4n) is 2.75. The molecule has 1 fully saturated rings. The molecule has 1 aromatic rings. The average molecular weight is 449 g/mol. The van der Waals surface area contributed by atoms with Crippen molar-refractivity contribution in [3.05, 3.63) is 11.1 Å². The Morgan fingerprint density at radius 2 is 2.03 bits per heavy atom. The lowest BCUT2D eigenvalue weighted by atomic mass is 9.96. The van der Waals surface area contributed by atoms with Gasteiger partial charge in [0.05, 0.1) is 6.04 Å². The lowest BCUT2D eigenvalue weighted by Gasteiger charge is -2.48. The maximum absolute atomic E-state index is 12.6. The first-order chi connectivity index (χ1) is 13.6. The highest BCUT2D eigenvalue weighted by molar-refractivity contribution is 7.55. The number of β-lactam (4-membered cyclic amide) rings is 1. The van der Waals surface area contributed by atoms with E-state index in [9.17, 15) is 24.1 Å². The van der Waals surface area contributed by atoms with Gasteiger partial charge in [-0.15, -0.1) is 11.3 Å². The molecule has 2 heterocycles. The van der Waals surface area contributed by atoms with E-state index >= 15 is 0 Å².